The van der Waals surface area contributed by atoms with E-state index < -0.39 is 5.97 Å². The molecule has 0 aliphatic heterocycles. The molecule has 1 unspecified atom stereocenters. The lowest BCUT2D eigenvalue weighted by atomic mass is 10.2. The molecule has 0 saturated heterocycles. The monoisotopic (exact) mass is 395 g/mol. The molecule has 2 aromatic carbocycles. The van der Waals surface area contributed by atoms with Gasteiger partial charge in [0.15, 0.2) is 12.4 Å². The number of fused-ring (bicyclic) bond motifs is 1. The quantitative estimate of drug-likeness (QED) is 0.512. The average molecular weight is 395 g/mol. The SMILES string of the molecule is CC[NH+](CC(=O)Nc1ccc(C(=O)OC)cc1)Cc1nc2ccccc2c(=O)[nH]1. The Morgan fingerprint density at radius 1 is 1.14 bits per heavy atom. The first-order valence-corrected chi connectivity index (χ1v) is 9.30. The van der Waals surface area contributed by atoms with Crippen molar-refractivity contribution in [2.24, 2.45) is 0 Å². The molecule has 0 fully saturated rings. The van der Waals surface area contributed by atoms with E-state index in [9.17, 15) is 14.4 Å². The Morgan fingerprint density at radius 3 is 2.55 bits per heavy atom. The van der Waals surface area contributed by atoms with Crippen molar-refractivity contribution in [3.8, 4) is 0 Å². The minimum atomic E-state index is -0.429. The predicted molar refractivity (Wildman–Crippen MR) is 109 cm³/mol. The molecule has 150 valence electrons. The van der Waals surface area contributed by atoms with Crippen LogP contribution >= 0.6 is 0 Å². The van der Waals surface area contributed by atoms with Crippen molar-refractivity contribution in [1.82, 2.24) is 9.97 Å². The maximum atomic E-state index is 12.4. The number of para-hydroxylation sites is 1. The van der Waals surface area contributed by atoms with Gasteiger partial charge in [0.25, 0.3) is 11.5 Å². The molecular weight excluding hydrogens is 372 g/mol. The third-order valence-electron chi connectivity index (χ3n) is 4.58. The van der Waals surface area contributed by atoms with Gasteiger partial charge in [0.05, 0.1) is 30.1 Å². The van der Waals surface area contributed by atoms with Crippen LogP contribution in [-0.4, -0.2) is 42.0 Å². The highest BCUT2D eigenvalue weighted by molar-refractivity contribution is 5.93. The highest BCUT2D eigenvalue weighted by Crippen LogP contribution is 2.10. The van der Waals surface area contributed by atoms with E-state index in [2.05, 4.69) is 20.0 Å². The Labute approximate surface area is 167 Å². The molecule has 3 N–H and O–H groups in total. The Kier molecular flexibility index (Phi) is 6.36. The number of esters is 1. The standard InChI is InChI=1S/C21H22N4O4/c1-3-25(12-18-23-17-7-5-4-6-16(17)20(27)24-18)13-19(26)22-15-10-8-14(9-11-15)21(28)29-2/h4-11H,3,12-13H2,1-2H3,(H,22,26)(H,23,24,27)/p+1. The van der Waals surface area contributed by atoms with Crippen molar-refractivity contribution in [2.75, 3.05) is 25.5 Å². The molecule has 1 aromatic heterocycles. The number of nitrogens with zero attached hydrogens (tertiary/aromatic N) is 1. The van der Waals surface area contributed by atoms with Crippen molar-refractivity contribution in [1.29, 1.82) is 0 Å². The fourth-order valence-electron chi connectivity index (χ4n) is 3.01. The molecule has 3 rings (SSSR count). The summed E-state index contributed by atoms with van der Waals surface area (Å²) in [6.07, 6.45) is 0. The summed E-state index contributed by atoms with van der Waals surface area (Å²) < 4.78 is 4.66. The fourth-order valence-corrected chi connectivity index (χ4v) is 3.01. The van der Waals surface area contributed by atoms with E-state index in [1.165, 1.54) is 7.11 Å². The number of hydrogen-bond acceptors (Lipinski definition) is 5. The second-order valence-corrected chi connectivity index (χ2v) is 6.60. The normalized spacial score (nSPS) is 11.8. The Morgan fingerprint density at radius 2 is 1.86 bits per heavy atom. The van der Waals surface area contributed by atoms with E-state index in [0.717, 1.165) is 4.90 Å². The van der Waals surface area contributed by atoms with Crippen molar-refractivity contribution < 1.29 is 19.2 Å². The van der Waals surface area contributed by atoms with Crippen LogP contribution in [0.4, 0.5) is 5.69 Å². The molecule has 1 heterocycles. The second-order valence-electron chi connectivity index (χ2n) is 6.60. The number of aromatic nitrogens is 2. The number of ether oxygens (including phenoxy) is 1. The van der Waals surface area contributed by atoms with Gasteiger partial charge in [-0.15, -0.1) is 0 Å². The van der Waals surface area contributed by atoms with Gasteiger partial charge >= 0.3 is 5.97 Å². The molecule has 0 spiro atoms. The molecule has 8 nitrogen and oxygen atoms in total. The zero-order valence-corrected chi connectivity index (χ0v) is 16.3. The van der Waals surface area contributed by atoms with Crippen LogP contribution in [0.3, 0.4) is 0 Å². The van der Waals surface area contributed by atoms with Gasteiger partial charge in [0.1, 0.15) is 6.54 Å². The van der Waals surface area contributed by atoms with E-state index >= 15 is 0 Å². The molecule has 0 saturated carbocycles. The van der Waals surface area contributed by atoms with E-state index in [-0.39, 0.29) is 18.0 Å². The number of methoxy groups -OCH3 is 1. The number of benzene rings is 2. The van der Waals surface area contributed by atoms with E-state index in [0.29, 0.717) is 41.1 Å². The zero-order chi connectivity index (χ0) is 20.8. The molecule has 0 aliphatic rings. The van der Waals surface area contributed by atoms with E-state index in [4.69, 9.17) is 0 Å². The van der Waals surface area contributed by atoms with Crippen LogP contribution in [0.5, 0.6) is 0 Å². The molecule has 1 atom stereocenters. The molecule has 0 radical (unpaired) electrons. The van der Waals surface area contributed by atoms with Gasteiger partial charge in [-0.3, -0.25) is 9.59 Å². The van der Waals surface area contributed by atoms with Crippen LogP contribution in [0.25, 0.3) is 10.9 Å². The lowest BCUT2D eigenvalue weighted by molar-refractivity contribution is -0.904. The summed E-state index contributed by atoms with van der Waals surface area (Å²) in [4.78, 5) is 44.3. The number of amides is 1. The van der Waals surface area contributed by atoms with Gasteiger partial charge in [-0.05, 0) is 43.3 Å². The van der Waals surface area contributed by atoms with Crippen molar-refractivity contribution >= 4 is 28.5 Å². The zero-order valence-electron chi connectivity index (χ0n) is 16.3. The number of quaternary nitrogens is 1. The van der Waals surface area contributed by atoms with Crippen LogP contribution in [0, 0.1) is 0 Å². The second kappa shape index (κ2) is 9.11. The largest absolute Gasteiger partial charge is 0.465 e. The van der Waals surface area contributed by atoms with Crippen molar-refractivity contribution in [3.63, 3.8) is 0 Å². The Balaban J connectivity index is 1.64. The molecule has 8 heteroatoms. The minimum absolute atomic E-state index is 0.171. The summed E-state index contributed by atoms with van der Waals surface area (Å²) in [5.74, 6) is -0.0575. The van der Waals surface area contributed by atoms with Gasteiger partial charge < -0.3 is 19.9 Å². The van der Waals surface area contributed by atoms with Crippen LogP contribution in [0.2, 0.25) is 0 Å². The summed E-state index contributed by atoms with van der Waals surface area (Å²) in [5.41, 5.74) is 1.46. The molecule has 0 aliphatic carbocycles. The van der Waals surface area contributed by atoms with Gasteiger partial charge in [-0.25, -0.2) is 9.78 Å². The number of nitrogens with one attached hydrogen (secondary N) is 3. The lowest BCUT2D eigenvalue weighted by Crippen LogP contribution is -3.11. The van der Waals surface area contributed by atoms with E-state index in [1.807, 2.05) is 13.0 Å². The predicted octanol–water partition coefficient (Wildman–Crippen LogP) is 0.753. The van der Waals surface area contributed by atoms with Crippen molar-refractivity contribution in [3.05, 3.63) is 70.3 Å². The lowest BCUT2D eigenvalue weighted by Gasteiger charge is -2.17. The first-order valence-electron chi connectivity index (χ1n) is 9.30. The summed E-state index contributed by atoms with van der Waals surface area (Å²) >= 11 is 0. The number of carbonyl (C=O) groups is 2. The fraction of sp³-hybridized carbons (Fsp3) is 0.238. The number of H-pyrrole nitrogens is 1. The summed E-state index contributed by atoms with van der Waals surface area (Å²) in [6, 6.07) is 13.6. The number of likely N-dealkylation sites (N-methyl/N-ethyl adjacent to an activating group) is 1. The molecule has 3 aromatic rings. The Hall–Kier alpha value is -3.52. The van der Waals surface area contributed by atoms with Crippen LogP contribution in [0.1, 0.15) is 23.1 Å². The first-order chi connectivity index (χ1) is 14.0. The summed E-state index contributed by atoms with van der Waals surface area (Å²) in [7, 11) is 1.32. The highest BCUT2D eigenvalue weighted by Gasteiger charge is 2.16. The maximum absolute atomic E-state index is 12.4. The summed E-state index contributed by atoms with van der Waals surface area (Å²) in [5, 5.41) is 3.36. The third kappa shape index (κ3) is 5.05. The molecule has 29 heavy (non-hydrogen) atoms. The topological polar surface area (TPSA) is 106 Å². The molecular formula is C21H23N4O4+. The van der Waals surface area contributed by atoms with E-state index in [1.54, 1.807) is 42.5 Å². The molecule has 0 bridgehead atoms. The Bertz CT molecular complexity index is 1080. The van der Waals surface area contributed by atoms with Gasteiger partial charge in [-0.1, -0.05) is 12.1 Å². The summed E-state index contributed by atoms with van der Waals surface area (Å²) in [6.45, 7) is 3.29. The number of anilines is 1. The van der Waals surface area contributed by atoms with Gasteiger partial charge in [0, 0.05) is 5.69 Å². The number of rotatable bonds is 7. The number of aromatic amines is 1. The third-order valence-corrected chi connectivity index (χ3v) is 4.58. The van der Waals surface area contributed by atoms with Gasteiger partial charge in [0.2, 0.25) is 0 Å². The van der Waals surface area contributed by atoms with Crippen LogP contribution < -0.4 is 15.8 Å². The van der Waals surface area contributed by atoms with Crippen LogP contribution in [-0.2, 0) is 16.1 Å². The van der Waals surface area contributed by atoms with Crippen molar-refractivity contribution in [2.45, 2.75) is 13.5 Å². The maximum Gasteiger partial charge on any atom is 0.337 e. The molecule has 1 amide bonds. The van der Waals surface area contributed by atoms with Crippen LogP contribution in [0.15, 0.2) is 53.3 Å². The highest BCUT2D eigenvalue weighted by atomic mass is 16.5. The first kappa shape index (κ1) is 20.2. The average Bonchev–Trinajstić information content (AvgIpc) is 2.73. The number of hydrogen-bond donors (Lipinski definition) is 3. The smallest absolute Gasteiger partial charge is 0.337 e. The number of carbonyl (C=O) groups excluding carboxylic acids is 2. The van der Waals surface area contributed by atoms with Gasteiger partial charge in [-0.2, -0.15) is 0 Å². The minimum Gasteiger partial charge on any atom is -0.465 e.